The molecule has 2 N–H and O–H groups in total. The Kier molecular flexibility index (Phi) is 3.14. The highest BCUT2D eigenvalue weighted by Gasteiger charge is 2.69. The Morgan fingerprint density at radius 2 is 1.65 bits per heavy atom. The minimum absolute atomic E-state index is 0.106. The van der Waals surface area contributed by atoms with Gasteiger partial charge < -0.3 is 5.73 Å². The lowest BCUT2D eigenvalue weighted by Gasteiger charge is -2.09. The first kappa shape index (κ1) is 13.2. The van der Waals surface area contributed by atoms with Gasteiger partial charge in [-0.05, 0) is 5.56 Å². The van der Waals surface area contributed by atoms with Crippen molar-refractivity contribution in [2.75, 3.05) is 0 Å². The second-order valence-corrected chi connectivity index (χ2v) is 4.49. The van der Waals surface area contributed by atoms with Gasteiger partial charge in [0.25, 0.3) is 0 Å². The summed E-state index contributed by atoms with van der Waals surface area (Å²) in [6.07, 6.45) is 0. The molecule has 3 atom stereocenters. The molecule has 5 heteroatoms. The molecule has 0 amide bonds. The predicted molar refractivity (Wildman–Crippen MR) is 68.8 cm³/mol. The van der Waals surface area contributed by atoms with Crippen molar-refractivity contribution in [3.8, 4) is 24.3 Å². The van der Waals surface area contributed by atoms with Crippen LogP contribution in [0, 0.1) is 56.7 Å². The molecule has 0 bridgehead atoms. The van der Waals surface area contributed by atoms with Gasteiger partial charge in [-0.1, -0.05) is 30.3 Å². The number of benzene rings is 1. The van der Waals surface area contributed by atoms with Gasteiger partial charge >= 0.3 is 0 Å². The first-order valence-corrected chi connectivity index (χ1v) is 5.83. The van der Waals surface area contributed by atoms with Crippen LogP contribution >= 0.6 is 0 Å². The molecule has 5 nitrogen and oxygen atoms in total. The summed E-state index contributed by atoms with van der Waals surface area (Å²) < 4.78 is 0. The standard InChI is InChI=1S/C15H9N5/c16-6-11(7-17)14(20)15(9-19)12(8-18)13(15)10-4-2-1-3-5-10/h1-5,12-13H,20H2. The Labute approximate surface area is 116 Å². The summed E-state index contributed by atoms with van der Waals surface area (Å²) in [5.74, 6) is -1.05. The average Bonchev–Trinajstić information content (AvgIpc) is 3.18. The van der Waals surface area contributed by atoms with E-state index in [0.717, 1.165) is 5.56 Å². The molecule has 0 heterocycles. The zero-order chi connectivity index (χ0) is 14.8. The van der Waals surface area contributed by atoms with Crippen molar-refractivity contribution in [1.29, 1.82) is 21.0 Å². The second kappa shape index (κ2) is 4.77. The Bertz CT molecular complexity index is 720. The monoisotopic (exact) mass is 259 g/mol. The molecule has 20 heavy (non-hydrogen) atoms. The molecule has 94 valence electrons. The third kappa shape index (κ3) is 1.59. The van der Waals surface area contributed by atoms with Gasteiger partial charge in [-0.25, -0.2) is 0 Å². The number of hydrogen-bond acceptors (Lipinski definition) is 5. The molecular weight excluding hydrogens is 250 g/mol. The van der Waals surface area contributed by atoms with Crippen LogP contribution in [-0.2, 0) is 0 Å². The SMILES string of the molecule is N#CC(C#N)=C(N)C1(C#N)C(C#N)C1c1ccccc1. The van der Waals surface area contributed by atoms with Crippen LogP contribution in [0.1, 0.15) is 11.5 Å². The van der Waals surface area contributed by atoms with Crippen LogP contribution in [-0.4, -0.2) is 0 Å². The van der Waals surface area contributed by atoms with Gasteiger partial charge in [0.1, 0.15) is 23.1 Å². The van der Waals surface area contributed by atoms with Crippen molar-refractivity contribution >= 4 is 0 Å². The average molecular weight is 259 g/mol. The zero-order valence-corrected chi connectivity index (χ0v) is 10.4. The number of rotatable bonds is 2. The van der Waals surface area contributed by atoms with Crippen molar-refractivity contribution in [2.24, 2.45) is 17.1 Å². The Morgan fingerprint density at radius 1 is 1.05 bits per heavy atom. The molecule has 1 fully saturated rings. The molecular formula is C15H9N5. The largest absolute Gasteiger partial charge is 0.399 e. The van der Waals surface area contributed by atoms with Crippen LogP contribution in [0.4, 0.5) is 0 Å². The lowest BCUT2D eigenvalue weighted by atomic mass is 9.94. The Hall–Kier alpha value is -3.28. The predicted octanol–water partition coefficient (Wildman–Crippen LogP) is 1.69. The van der Waals surface area contributed by atoms with Crippen LogP contribution < -0.4 is 5.73 Å². The molecule has 1 aliphatic carbocycles. The number of allylic oxidation sites excluding steroid dienone is 2. The van der Waals surface area contributed by atoms with E-state index in [1.165, 1.54) is 0 Å². The van der Waals surface area contributed by atoms with Gasteiger partial charge in [-0.2, -0.15) is 21.0 Å². The summed E-state index contributed by atoms with van der Waals surface area (Å²) in [6.45, 7) is 0. The smallest absolute Gasteiger partial charge is 0.150 e. The van der Waals surface area contributed by atoms with Crippen molar-refractivity contribution in [2.45, 2.75) is 5.92 Å². The summed E-state index contributed by atoms with van der Waals surface area (Å²) >= 11 is 0. The Balaban J connectivity index is 2.58. The molecule has 0 aromatic heterocycles. The quantitative estimate of drug-likeness (QED) is 0.810. The molecule has 0 spiro atoms. The number of hydrogen-bond donors (Lipinski definition) is 1. The lowest BCUT2D eigenvalue weighted by molar-refractivity contribution is 0.719. The fourth-order valence-electron chi connectivity index (χ4n) is 2.57. The molecule has 2 rings (SSSR count). The van der Waals surface area contributed by atoms with Crippen LogP contribution in [0.25, 0.3) is 0 Å². The topological polar surface area (TPSA) is 121 Å². The van der Waals surface area contributed by atoms with Gasteiger partial charge in [0, 0.05) is 5.92 Å². The maximum atomic E-state index is 9.47. The van der Waals surface area contributed by atoms with Gasteiger partial charge in [0.2, 0.25) is 0 Å². The van der Waals surface area contributed by atoms with Gasteiger partial charge in [-0.15, -0.1) is 0 Å². The highest BCUT2D eigenvalue weighted by atomic mass is 14.8. The van der Waals surface area contributed by atoms with E-state index in [9.17, 15) is 10.5 Å². The molecule has 3 unspecified atom stereocenters. The van der Waals surface area contributed by atoms with E-state index in [0.29, 0.717) is 0 Å². The van der Waals surface area contributed by atoms with Crippen molar-refractivity contribution in [3.63, 3.8) is 0 Å². The number of nitrogens with zero attached hydrogens (tertiary/aromatic N) is 4. The van der Waals surface area contributed by atoms with Crippen LogP contribution in [0.3, 0.4) is 0 Å². The fourth-order valence-corrected chi connectivity index (χ4v) is 2.57. The molecule has 1 aromatic carbocycles. The normalized spacial score (nSPS) is 26.2. The summed E-state index contributed by atoms with van der Waals surface area (Å²) in [5.41, 5.74) is 4.96. The first-order chi connectivity index (χ1) is 9.67. The maximum absolute atomic E-state index is 9.47. The summed E-state index contributed by atoms with van der Waals surface area (Å²) in [5, 5.41) is 36.5. The first-order valence-electron chi connectivity index (χ1n) is 5.83. The van der Waals surface area contributed by atoms with Crippen molar-refractivity contribution in [3.05, 3.63) is 47.2 Å². The van der Waals surface area contributed by atoms with E-state index in [2.05, 4.69) is 6.07 Å². The zero-order valence-electron chi connectivity index (χ0n) is 10.4. The summed E-state index contributed by atoms with van der Waals surface area (Å²) in [6, 6.07) is 16.5. The third-order valence-corrected chi connectivity index (χ3v) is 3.63. The van der Waals surface area contributed by atoms with Crippen LogP contribution in [0.2, 0.25) is 0 Å². The highest BCUT2D eigenvalue weighted by Crippen LogP contribution is 2.67. The molecule has 1 saturated carbocycles. The van der Waals surface area contributed by atoms with E-state index >= 15 is 0 Å². The Morgan fingerprint density at radius 3 is 2.10 bits per heavy atom. The minimum atomic E-state index is -1.28. The van der Waals surface area contributed by atoms with Crippen molar-refractivity contribution in [1.82, 2.24) is 0 Å². The molecule has 1 aromatic rings. The minimum Gasteiger partial charge on any atom is -0.399 e. The number of nitriles is 4. The maximum Gasteiger partial charge on any atom is 0.150 e. The lowest BCUT2D eigenvalue weighted by Crippen LogP contribution is -2.17. The van der Waals surface area contributed by atoms with Gasteiger partial charge in [0.15, 0.2) is 0 Å². The third-order valence-electron chi connectivity index (χ3n) is 3.63. The molecule has 1 aliphatic rings. The van der Waals surface area contributed by atoms with Gasteiger partial charge in [-0.3, -0.25) is 0 Å². The highest BCUT2D eigenvalue weighted by molar-refractivity contribution is 5.55. The van der Waals surface area contributed by atoms with Gasteiger partial charge in [0.05, 0.1) is 23.8 Å². The van der Waals surface area contributed by atoms with Crippen LogP contribution in [0.15, 0.2) is 41.6 Å². The van der Waals surface area contributed by atoms with E-state index in [-0.39, 0.29) is 11.3 Å². The van der Waals surface area contributed by atoms with E-state index in [1.807, 2.05) is 12.1 Å². The van der Waals surface area contributed by atoms with E-state index < -0.39 is 17.3 Å². The summed E-state index contributed by atoms with van der Waals surface area (Å²) in [4.78, 5) is 0. The fraction of sp³-hybridized carbons (Fsp3) is 0.200. The van der Waals surface area contributed by atoms with E-state index in [1.54, 1.807) is 36.4 Å². The molecule has 0 radical (unpaired) electrons. The molecule has 0 aliphatic heterocycles. The molecule has 0 saturated heterocycles. The van der Waals surface area contributed by atoms with Crippen LogP contribution in [0.5, 0.6) is 0 Å². The second-order valence-electron chi connectivity index (χ2n) is 4.49. The van der Waals surface area contributed by atoms with E-state index in [4.69, 9.17) is 16.3 Å². The summed E-state index contributed by atoms with van der Waals surface area (Å²) in [7, 11) is 0. The van der Waals surface area contributed by atoms with Crippen molar-refractivity contribution < 1.29 is 0 Å². The number of nitrogens with two attached hydrogens (primary N) is 1.